The SMILES string of the molecule is CC(=O)[C@@H](CCCCNC(=O)CCCCOC1OC(CO)C(O)C(O)C1N)NC(=O)CCCCOC1OC(CO)C(O)C(O)C1N. The van der Waals surface area contributed by atoms with Crippen LogP contribution in [0, 0.1) is 0 Å². The third kappa shape index (κ3) is 13.0. The zero-order valence-electron chi connectivity index (χ0n) is 26.4. The van der Waals surface area contributed by atoms with E-state index in [1.54, 1.807) is 0 Å². The van der Waals surface area contributed by atoms with Gasteiger partial charge in [-0.15, -0.1) is 0 Å². The van der Waals surface area contributed by atoms with Crippen LogP contribution < -0.4 is 22.1 Å². The summed E-state index contributed by atoms with van der Waals surface area (Å²) in [6.45, 7) is 1.23. The number of ketones is 1. The van der Waals surface area contributed by atoms with Crippen LogP contribution in [0.3, 0.4) is 0 Å². The molecule has 268 valence electrons. The molecule has 12 N–H and O–H groups in total. The normalized spacial score (nSPS) is 32.1. The van der Waals surface area contributed by atoms with Gasteiger partial charge in [0.15, 0.2) is 18.4 Å². The van der Waals surface area contributed by atoms with Gasteiger partial charge in [0.05, 0.1) is 31.3 Å². The number of hydrogen-bond donors (Lipinski definition) is 10. The van der Waals surface area contributed by atoms with Crippen molar-refractivity contribution in [1.82, 2.24) is 10.6 Å². The smallest absolute Gasteiger partial charge is 0.220 e. The molecule has 17 heteroatoms. The van der Waals surface area contributed by atoms with Gasteiger partial charge in [-0.1, -0.05) is 0 Å². The largest absolute Gasteiger partial charge is 0.394 e. The van der Waals surface area contributed by atoms with Crippen molar-refractivity contribution in [3.63, 3.8) is 0 Å². The highest BCUT2D eigenvalue weighted by atomic mass is 16.7. The van der Waals surface area contributed by atoms with E-state index in [0.29, 0.717) is 51.5 Å². The molecule has 2 rings (SSSR count). The fourth-order valence-electron chi connectivity index (χ4n) is 5.11. The van der Waals surface area contributed by atoms with Crippen molar-refractivity contribution in [1.29, 1.82) is 0 Å². The van der Waals surface area contributed by atoms with E-state index in [4.69, 9.17) is 30.4 Å². The number of hydrogen-bond acceptors (Lipinski definition) is 15. The van der Waals surface area contributed by atoms with Gasteiger partial charge in [-0.05, 0) is 51.9 Å². The lowest BCUT2D eigenvalue weighted by Crippen LogP contribution is -2.62. The molecule has 2 amide bonds. The Hall–Kier alpha value is -1.87. The average Bonchev–Trinajstić information content (AvgIpc) is 3.03. The van der Waals surface area contributed by atoms with E-state index in [2.05, 4.69) is 10.6 Å². The maximum absolute atomic E-state index is 12.4. The van der Waals surface area contributed by atoms with E-state index in [9.17, 15) is 45.0 Å². The van der Waals surface area contributed by atoms with Crippen molar-refractivity contribution >= 4 is 17.6 Å². The zero-order valence-corrected chi connectivity index (χ0v) is 26.4. The second-order valence-electron chi connectivity index (χ2n) is 11.8. The van der Waals surface area contributed by atoms with E-state index < -0.39 is 80.5 Å². The van der Waals surface area contributed by atoms with Crippen LogP contribution in [-0.4, -0.2) is 149 Å². The van der Waals surface area contributed by atoms with Crippen molar-refractivity contribution in [2.45, 2.75) is 132 Å². The third-order valence-electron chi connectivity index (χ3n) is 8.08. The molecule has 0 aliphatic carbocycles. The Morgan fingerprint density at radius 2 is 1.20 bits per heavy atom. The zero-order chi connectivity index (χ0) is 34.2. The second-order valence-corrected chi connectivity index (χ2v) is 11.8. The highest BCUT2D eigenvalue weighted by molar-refractivity contribution is 5.87. The van der Waals surface area contributed by atoms with Crippen molar-refractivity contribution in [3.8, 4) is 0 Å². The number of aliphatic hydroxyl groups is 6. The molecule has 2 aliphatic heterocycles. The minimum absolute atomic E-state index is 0.135. The Labute approximate surface area is 268 Å². The summed E-state index contributed by atoms with van der Waals surface area (Å²) in [5.74, 6) is -0.576. The quantitative estimate of drug-likeness (QED) is 0.0527. The molecule has 17 nitrogen and oxygen atoms in total. The monoisotopic (exact) mass is 666 g/mol. The highest BCUT2D eigenvalue weighted by Gasteiger charge is 2.44. The molecular formula is C29H54N4O13. The molecule has 46 heavy (non-hydrogen) atoms. The van der Waals surface area contributed by atoms with E-state index in [-0.39, 0.29) is 43.7 Å². The fraction of sp³-hybridized carbons (Fsp3) is 0.897. The minimum Gasteiger partial charge on any atom is -0.394 e. The van der Waals surface area contributed by atoms with E-state index in [0.717, 1.165) is 0 Å². The van der Waals surface area contributed by atoms with Crippen LogP contribution in [0.25, 0.3) is 0 Å². The lowest BCUT2D eigenvalue weighted by molar-refractivity contribution is -0.265. The number of aliphatic hydroxyl groups excluding tert-OH is 6. The Kier molecular flexibility index (Phi) is 18.6. The van der Waals surface area contributed by atoms with Gasteiger partial charge >= 0.3 is 0 Å². The summed E-state index contributed by atoms with van der Waals surface area (Å²) < 4.78 is 21.8. The van der Waals surface area contributed by atoms with Crippen LogP contribution in [0.1, 0.15) is 64.7 Å². The number of ether oxygens (including phenoxy) is 4. The number of carbonyl (C=O) groups excluding carboxylic acids is 3. The molecular weight excluding hydrogens is 612 g/mol. The second kappa shape index (κ2) is 21.2. The number of rotatable bonds is 21. The van der Waals surface area contributed by atoms with Crippen molar-refractivity contribution in [2.75, 3.05) is 33.0 Å². The molecule has 0 radical (unpaired) electrons. The highest BCUT2D eigenvalue weighted by Crippen LogP contribution is 2.22. The maximum atomic E-state index is 12.4. The summed E-state index contributed by atoms with van der Waals surface area (Å²) in [4.78, 5) is 36.5. The van der Waals surface area contributed by atoms with E-state index in [1.807, 2.05) is 0 Å². The standard InChI is InChI=1S/C29H54N4O13/c1-16(36)17(33-21(38)10-4-7-13-44-29-23(31)27(42)25(40)19(15-35)46-29)8-2-5-11-32-20(37)9-3-6-12-43-28-22(30)26(41)24(39)18(14-34)45-28/h17-19,22-29,34-35,39-42H,2-15,30-31H2,1H3,(H,32,37)(H,33,38)/t17-,18?,19?,22?,23?,24?,25?,26?,27?,28?,29?/m1/s1. The first-order valence-corrected chi connectivity index (χ1v) is 16.0. The van der Waals surface area contributed by atoms with Gasteiger partial charge in [-0.3, -0.25) is 14.4 Å². The lowest BCUT2D eigenvalue weighted by atomic mass is 9.98. The molecule has 0 aromatic heterocycles. The van der Waals surface area contributed by atoms with Gasteiger partial charge in [0, 0.05) is 32.6 Å². The Bertz CT molecular complexity index is 914. The van der Waals surface area contributed by atoms with Crippen LogP contribution >= 0.6 is 0 Å². The Balaban J connectivity index is 1.52. The Morgan fingerprint density at radius 3 is 1.65 bits per heavy atom. The number of unbranched alkanes of at least 4 members (excludes halogenated alkanes) is 3. The van der Waals surface area contributed by atoms with Gasteiger partial charge in [-0.25, -0.2) is 0 Å². The molecule has 2 fully saturated rings. The van der Waals surface area contributed by atoms with Gasteiger partial charge < -0.3 is 71.7 Å². The number of amides is 2. The average molecular weight is 667 g/mol. The van der Waals surface area contributed by atoms with Crippen LogP contribution in [-0.2, 0) is 33.3 Å². The molecule has 0 saturated carbocycles. The number of Topliss-reactive ketones (excluding diaryl/α,β-unsaturated/α-hetero) is 1. The summed E-state index contributed by atoms with van der Waals surface area (Å²) >= 11 is 0. The van der Waals surface area contributed by atoms with Gasteiger partial charge in [0.25, 0.3) is 0 Å². The fourth-order valence-corrected chi connectivity index (χ4v) is 5.11. The summed E-state index contributed by atoms with van der Waals surface area (Å²) in [6.07, 6.45) is -5.11. The van der Waals surface area contributed by atoms with Crippen LogP contribution in [0.5, 0.6) is 0 Å². The maximum Gasteiger partial charge on any atom is 0.220 e. The molecule has 10 unspecified atom stereocenters. The third-order valence-corrected chi connectivity index (χ3v) is 8.08. The summed E-state index contributed by atoms with van der Waals surface area (Å²) in [5, 5.41) is 63.7. The molecule has 0 bridgehead atoms. The van der Waals surface area contributed by atoms with E-state index >= 15 is 0 Å². The van der Waals surface area contributed by atoms with Crippen molar-refractivity contribution in [3.05, 3.63) is 0 Å². The van der Waals surface area contributed by atoms with Crippen LogP contribution in [0.2, 0.25) is 0 Å². The number of nitrogens with one attached hydrogen (secondary N) is 2. The molecule has 2 saturated heterocycles. The van der Waals surface area contributed by atoms with Crippen molar-refractivity contribution in [2.24, 2.45) is 11.5 Å². The van der Waals surface area contributed by atoms with Gasteiger partial charge in [0.2, 0.25) is 11.8 Å². The summed E-state index contributed by atoms with van der Waals surface area (Å²) in [6, 6.07) is -2.59. The molecule has 0 spiro atoms. The Morgan fingerprint density at radius 1 is 0.717 bits per heavy atom. The molecule has 0 aromatic rings. The lowest BCUT2D eigenvalue weighted by Gasteiger charge is -2.40. The molecule has 0 aromatic carbocycles. The first-order chi connectivity index (χ1) is 21.9. The van der Waals surface area contributed by atoms with Crippen molar-refractivity contribution < 1.29 is 64.0 Å². The van der Waals surface area contributed by atoms with Gasteiger partial charge in [0.1, 0.15) is 36.6 Å². The minimum atomic E-state index is -1.32. The predicted octanol–water partition coefficient (Wildman–Crippen LogP) is -3.75. The van der Waals surface area contributed by atoms with Crippen LogP contribution in [0.15, 0.2) is 0 Å². The van der Waals surface area contributed by atoms with Gasteiger partial charge in [-0.2, -0.15) is 0 Å². The van der Waals surface area contributed by atoms with Crippen LogP contribution in [0.4, 0.5) is 0 Å². The molecule has 2 heterocycles. The van der Waals surface area contributed by atoms with E-state index in [1.165, 1.54) is 6.92 Å². The predicted molar refractivity (Wildman–Crippen MR) is 161 cm³/mol. The summed E-state index contributed by atoms with van der Waals surface area (Å²) in [5.41, 5.74) is 11.7. The summed E-state index contributed by atoms with van der Waals surface area (Å²) in [7, 11) is 0. The first kappa shape index (κ1) is 40.3. The first-order valence-electron chi connectivity index (χ1n) is 16.0. The molecule has 2 aliphatic rings. The topological polar surface area (TPSA) is 286 Å². The molecule has 11 atom stereocenters. The number of nitrogens with two attached hydrogens (primary N) is 2. The number of carbonyl (C=O) groups is 3.